The van der Waals surface area contributed by atoms with Gasteiger partial charge in [0.25, 0.3) is 0 Å². The first-order chi connectivity index (χ1) is 10.2. The smallest absolute Gasteiger partial charge is 0.128 e. The van der Waals surface area contributed by atoms with Crippen molar-refractivity contribution in [1.82, 2.24) is 0 Å². The lowest BCUT2D eigenvalue weighted by atomic mass is 10.1. The van der Waals surface area contributed by atoms with E-state index in [1.165, 1.54) is 69.9 Å². The molecule has 0 saturated heterocycles. The van der Waals surface area contributed by atoms with Gasteiger partial charge in [-0.1, -0.05) is 64.7 Å². The molecule has 0 bridgehead atoms. The van der Waals surface area contributed by atoms with Crippen molar-refractivity contribution in [3.05, 3.63) is 29.8 Å². The first-order valence-corrected chi connectivity index (χ1v) is 8.42. The lowest BCUT2D eigenvalue weighted by molar-refractivity contribution is 0.559. The molecule has 120 valence electrons. The standard InChI is InChI=1S/C18H29F2N/c1-2-3-4-5-6-7-8-9-10-11-12-21-18-14-16(19)13-17(20)15-18/h13-15,21H,2-12H2,1H3. The third-order valence-corrected chi connectivity index (χ3v) is 3.72. The first kappa shape index (κ1) is 17.9. The van der Waals surface area contributed by atoms with Crippen molar-refractivity contribution in [2.45, 2.75) is 71.1 Å². The molecule has 0 spiro atoms. The molecule has 0 amide bonds. The molecule has 1 aromatic rings. The molecule has 0 aliphatic carbocycles. The van der Waals surface area contributed by atoms with E-state index in [4.69, 9.17) is 0 Å². The predicted octanol–water partition coefficient (Wildman–Crippen LogP) is 6.30. The van der Waals surface area contributed by atoms with Gasteiger partial charge in [-0.25, -0.2) is 8.78 Å². The van der Waals surface area contributed by atoms with Gasteiger partial charge < -0.3 is 5.32 Å². The number of halogens is 2. The number of unbranched alkanes of at least 4 members (excludes halogenated alkanes) is 9. The summed E-state index contributed by atoms with van der Waals surface area (Å²) < 4.78 is 25.9. The maximum atomic E-state index is 13.0. The number of hydrogen-bond donors (Lipinski definition) is 1. The summed E-state index contributed by atoms with van der Waals surface area (Å²) in [4.78, 5) is 0. The summed E-state index contributed by atoms with van der Waals surface area (Å²) in [5.74, 6) is -1.05. The second kappa shape index (κ2) is 11.5. The summed E-state index contributed by atoms with van der Waals surface area (Å²) in [5, 5.41) is 3.07. The molecule has 3 heteroatoms. The van der Waals surface area contributed by atoms with Crippen LogP contribution in [0.2, 0.25) is 0 Å². The summed E-state index contributed by atoms with van der Waals surface area (Å²) in [6.07, 6.45) is 12.9. The highest BCUT2D eigenvalue weighted by Crippen LogP contribution is 2.14. The Bertz CT molecular complexity index is 359. The van der Waals surface area contributed by atoms with Gasteiger partial charge in [-0.15, -0.1) is 0 Å². The van der Waals surface area contributed by atoms with Crippen LogP contribution in [0.3, 0.4) is 0 Å². The number of nitrogens with one attached hydrogen (secondary N) is 1. The fourth-order valence-electron chi connectivity index (χ4n) is 2.50. The van der Waals surface area contributed by atoms with Crippen molar-refractivity contribution in [3.8, 4) is 0 Å². The monoisotopic (exact) mass is 297 g/mol. The van der Waals surface area contributed by atoms with Crippen molar-refractivity contribution in [1.29, 1.82) is 0 Å². The van der Waals surface area contributed by atoms with Gasteiger partial charge in [-0.2, -0.15) is 0 Å². The topological polar surface area (TPSA) is 12.0 Å². The summed E-state index contributed by atoms with van der Waals surface area (Å²) in [6, 6.07) is 3.56. The lowest BCUT2D eigenvalue weighted by Gasteiger charge is -2.07. The van der Waals surface area contributed by atoms with Crippen LogP contribution in [-0.2, 0) is 0 Å². The Morgan fingerprint density at radius 2 is 1.19 bits per heavy atom. The Kier molecular flexibility index (Phi) is 9.84. The van der Waals surface area contributed by atoms with Crippen LogP contribution in [0.4, 0.5) is 14.5 Å². The van der Waals surface area contributed by atoms with E-state index in [0.717, 1.165) is 19.0 Å². The van der Waals surface area contributed by atoms with Crippen LogP contribution >= 0.6 is 0 Å². The van der Waals surface area contributed by atoms with E-state index in [1.54, 1.807) is 0 Å². The van der Waals surface area contributed by atoms with Crippen LogP contribution in [-0.4, -0.2) is 6.54 Å². The van der Waals surface area contributed by atoms with Gasteiger partial charge in [0, 0.05) is 18.3 Å². The molecule has 0 unspecified atom stereocenters. The van der Waals surface area contributed by atoms with Crippen molar-refractivity contribution in [3.63, 3.8) is 0 Å². The molecule has 0 heterocycles. The summed E-state index contributed by atoms with van der Waals surface area (Å²) in [5.41, 5.74) is 0.531. The third-order valence-electron chi connectivity index (χ3n) is 3.72. The lowest BCUT2D eigenvalue weighted by Crippen LogP contribution is -2.02. The van der Waals surface area contributed by atoms with Gasteiger partial charge in [0.1, 0.15) is 11.6 Å². The van der Waals surface area contributed by atoms with Crippen molar-refractivity contribution in [2.75, 3.05) is 11.9 Å². The van der Waals surface area contributed by atoms with E-state index in [-0.39, 0.29) is 0 Å². The average molecular weight is 297 g/mol. The van der Waals surface area contributed by atoms with Crippen LogP contribution in [0.5, 0.6) is 0 Å². The van der Waals surface area contributed by atoms with E-state index in [9.17, 15) is 8.78 Å². The fraction of sp³-hybridized carbons (Fsp3) is 0.667. The molecule has 0 aliphatic heterocycles. The summed E-state index contributed by atoms with van der Waals surface area (Å²) >= 11 is 0. The summed E-state index contributed by atoms with van der Waals surface area (Å²) in [6.45, 7) is 3.02. The van der Waals surface area contributed by atoms with E-state index >= 15 is 0 Å². The quantitative estimate of drug-likeness (QED) is 0.446. The normalized spacial score (nSPS) is 10.8. The minimum absolute atomic E-state index is 0.527. The maximum absolute atomic E-state index is 13.0. The molecule has 1 aromatic carbocycles. The zero-order valence-electron chi connectivity index (χ0n) is 13.3. The van der Waals surface area contributed by atoms with Gasteiger partial charge in [0.05, 0.1) is 0 Å². The van der Waals surface area contributed by atoms with Gasteiger partial charge in [0.15, 0.2) is 0 Å². The summed E-state index contributed by atoms with van der Waals surface area (Å²) in [7, 11) is 0. The zero-order valence-corrected chi connectivity index (χ0v) is 13.3. The number of hydrogen-bond acceptors (Lipinski definition) is 1. The number of anilines is 1. The van der Waals surface area contributed by atoms with Crippen LogP contribution in [0, 0.1) is 11.6 Å². The van der Waals surface area contributed by atoms with E-state index < -0.39 is 11.6 Å². The van der Waals surface area contributed by atoms with E-state index in [1.807, 2.05) is 0 Å². The molecule has 0 radical (unpaired) electrons. The van der Waals surface area contributed by atoms with Crippen molar-refractivity contribution < 1.29 is 8.78 Å². The van der Waals surface area contributed by atoms with E-state index in [2.05, 4.69) is 12.2 Å². The minimum Gasteiger partial charge on any atom is -0.385 e. The predicted molar refractivity (Wildman–Crippen MR) is 86.7 cm³/mol. The molecule has 1 N–H and O–H groups in total. The second-order valence-corrected chi connectivity index (χ2v) is 5.77. The van der Waals surface area contributed by atoms with Crippen molar-refractivity contribution in [2.24, 2.45) is 0 Å². The highest BCUT2D eigenvalue weighted by Gasteiger charge is 1.99. The molecule has 0 fully saturated rings. The molecular formula is C18H29F2N. The molecule has 21 heavy (non-hydrogen) atoms. The van der Waals surface area contributed by atoms with Crippen LogP contribution < -0.4 is 5.32 Å². The first-order valence-electron chi connectivity index (χ1n) is 8.42. The molecule has 0 atom stereocenters. The highest BCUT2D eigenvalue weighted by molar-refractivity contribution is 5.43. The Hall–Kier alpha value is -1.12. The molecule has 0 saturated carbocycles. The zero-order chi connectivity index (χ0) is 15.3. The molecule has 0 aromatic heterocycles. The van der Waals surface area contributed by atoms with Crippen LogP contribution in [0.25, 0.3) is 0 Å². The largest absolute Gasteiger partial charge is 0.385 e. The molecular weight excluding hydrogens is 268 g/mol. The van der Waals surface area contributed by atoms with Crippen LogP contribution in [0.1, 0.15) is 71.1 Å². The highest BCUT2D eigenvalue weighted by atomic mass is 19.1. The van der Waals surface area contributed by atoms with Gasteiger partial charge in [0.2, 0.25) is 0 Å². The second-order valence-electron chi connectivity index (χ2n) is 5.77. The maximum Gasteiger partial charge on any atom is 0.128 e. The number of rotatable bonds is 12. The number of benzene rings is 1. The molecule has 0 aliphatic rings. The molecule has 1 nitrogen and oxygen atoms in total. The van der Waals surface area contributed by atoms with Gasteiger partial charge in [-0.05, 0) is 18.6 Å². The third kappa shape index (κ3) is 9.43. The van der Waals surface area contributed by atoms with E-state index in [0.29, 0.717) is 5.69 Å². The van der Waals surface area contributed by atoms with Crippen LogP contribution in [0.15, 0.2) is 18.2 Å². The fourth-order valence-corrected chi connectivity index (χ4v) is 2.50. The Labute approximate surface area is 128 Å². The molecule has 1 rings (SSSR count). The Morgan fingerprint density at radius 3 is 1.71 bits per heavy atom. The Balaban J connectivity index is 1.93. The van der Waals surface area contributed by atoms with Gasteiger partial charge in [-0.3, -0.25) is 0 Å². The Morgan fingerprint density at radius 1 is 0.714 bits per heavy atom. The van der Waals surface area contributed by atoms with Gasteiger partial charge >= 0.3 is 0 Å². The average Bonchev–Trinajstić information content (AvgIpc) is 2.44. The minimum atomic E-state index is -0.527. The van der Waals surface area contributed by atoms with Crippen molar-refractivity contribution >= 4 is 5.69 Å². The SMILES string of the molecule is CCCCCCCCCCCCNc1cc(F)cc(F)c1.